The van der Waals surface area contributed by atoms with Crippen molar-refractivity contribution in [2.45, 2.75) is 31.3 Å². The highest BCUT2D eigenvalue weighted by Gasteiger charge is 2.24. The molecule has 1 rings (SSSR count). The molecule has 27 heavy (non-hydrogen) atoms. The largest absolute Gasteiger partial charge is 0.480 e. The van der Waals surface area contributed by atoms with E-state index in [1.54, 1.807) is 0 Å². The Balaban J connectivity index is 2.63. The molecule has 1 aromatic rings. The second-order valence-corrected chi connectivity index (χ2v) is 5.95. The van der Waals surface area contributed by atoms with E-state index in [1.807, 2.05) is 30.3 Å². The van der Waals surface area contributed by atoms with Gasteiger partial charge in [0.05, 0.1) is 6.04 Å². The predicted octanol–water partition coefficient (Wildman–Crippen LogP) is -1.49. The van der Waals surface area contributed by atoms with Gasteiger partial charge in [0.2, 0.25) is 11.8 Å². The van der Waals surface area contributed by atoms with Gasteiger partial charge in [-0.2, -0.15) is 0 Å². The van der Waals surface area contributed by atoms with Crippen LogP contribution in [0.3, 0.4) is 0 Å². The van der Waals surface area contributed by atoms with Crippen LogP contribution in [0.2, 0.25) is 0 Å². The maximum Gasteiger partial charge on any atom is 0.322 e. The van der Waals surface area contributed by atoms with Crippen molar-refractivity contribution in [3.63, 3.8) is 0 Å². The molecule has 2 atom stereocenters. The van der Waals surface area contributed by atoms with Crippen LogP contribution in [-0.4, -0.2) is 54.0 Å². The number of guanidine groups is 1. The zero-order valence-corrected chi connectivity index (χ0v) is 14.9. The van der Waals surface area contributed by atoms with Gasteiger partial charge in [0.1, 0.15) is 12.6 Å². The first-order valence-electron chi connectivity index (χ1n) is 8.47. The number of carboxylic acids is 1. The van der Waals surface area contributed by atoms with Crippen LogP contribution in [-0.2, 0) is 20.8 Å². The van der Waals surface area contributed by atoms with Gasteiger partial charge in [-0.15, -0.1) is 0 Å². The fraction of sp³-hybridized carbons (Fsp3) is 0.412. The first-order chi connectivity index (χ1) is 12.8. The van der Waals surface area contributed by atoms with E-state index >= 15 is 0 Å². The van der Waals surface area contributed by atoms with Gasteiger partial charge in [-0.1, -0.05) is 30.3 Å². The number of aliphatic carboxylic acids is 1. The van der Waals surface area contributed by atoms with Crippen LogP contribution in [0, 0.1) is 5.41 Å². The summed E-state index contributed by atoms with van der Waals surface area (Å²) in [6.07, 6.45) is 0.969. The van der Waals surface area contributed by atoms with Crippen LogP contribution >= 0.6 is 0 Å². The van der Waals surface area contributed by atoms with E-state index < -0.39 is 36.4 Å². The molecule has 0 aliphatic rings. The van der Waals surface area contributed by atoms with Gasteiger partial charge in [0.15, 0.2) is 5.96 Å². The van der Waals surface area contributed by atoms with Gasteiger partial charge in [-0.05, 0) is 24.8 Å². The van der Waals surface area contributed by atoms with Gasteiger partial charge in [0, 0.05) is 6.54 Å². The molecule has 0 fully saturated rings. The summed E-state index contributed by atoms with van der Waals surface area (Å²) in [4.78, 5) is 35.1. The zero-order chi connectivity index (χ0) is 20.2. The normalized spacial score (nSPS) is 12.5. The molecule has 0 bridgehead atoms. The average Bonchev–Trinajstić information content (AvgIpc) is 2.62. The van der Waals surface area contributed by atoms with E-state index in [2.05, 4.69) is 16.0 Å². The lowest BCUT2D eigenvalue weighted by molar-refractivity contribution is -0.138. The quantitative estimate of drug-likeness (QED) is 0.139. The molecule has 0 saturated heterocycles. The molecule has 0 heterocycles. The molecule has 0 aliphatic heterocycles. The lowest BCUT2D eigenvalue weighted by Gasteiger charge is -2.20. The summed E-state index contributed by atoms with van der Waals surface area (Å²) in [6.45, 7) is -0.211. The summed E-state index contributed by atoms with van der Waals surface area (Å²) in [6, 6.07) is 7.43. The van der Waals surface area contributed by atoms with Crippen LogP contribution in [0.15, 0.2) is 30.3 Å². The Bertz CT molecular complexity index is 652. The average molecular weight is 378 g/mol. The van der Waals surface area contributed by atoms with Crippen molar-refractivity contribution in [3.05, 3.63) is 35.9 Å². The Morgan fingerprint density at radius 1 is 1.11 bits per heavy atom. The fourth-order valence-corrected chi connectivity index (χ4v) is 2.32. The number of carbonyl (C=O) groups is 3. The van der Waals surface area contributed by atoms with Gasteiger partial charge in [0.25, 0.3) is 0 Å². The van der Waals surface area contributed by atoms with Crippen molar-refractivity contribution in [1.29, 1.82) is 5.41 Å². The Labute approximate surface area is 157 Å². The second kappa shape index (κ2) is 11.5. The predicted molar refractivity (Wildman–Crippen MR) is 99.8 cm³/mol. The Morgan fingerprint density at radius 3 is 2.37 bits per heavy atom. The molecule has 148 valence electrons. The van der Waals surface area contributed by atoms with Crippen LogP contribution in [0.4, 0.5) is 0 Å². The summed E-state index contributed by atoms with van der Waals surface area (Å²) in [5.74, 6) is -2.50. The molecule has 0 unspecified atom stereocenters. The standard InChI is InChI=1S/C17H26N6O4/c18-12(9-11-5-2-1-3-6-11)15(26)23-13(7-4-8-21-17(19)20)16(27)22-10-14(24)25/h1-3,5-6,12-13H,4,7-10,18H2,(H,22,27)(H,23,26)(H,24,25)(H4,19,20,21)/t12-,13-/m1/s1. The van der Waals surface area contributed by atoms with E-state index in [1.165, 1.54) is 0 Å². The molecule has 10 heteroatoms. The Morgan fingerprint density at radius 2 is 1.78 bits per heavy atom. The van der Waals surface area contributed by atoms with Crippen LogP contribution in [0.1, 0.15) is 18.4 Å². The van der Waals surface area contributed by atoms with E-state index in [0.717, 1.165) is 5.56 Å². The number of hydrogen-bond donors (Lipinski definition) is 7. The number of benzene rings is 1. The van der Waals surface area contributed by atoms with Crippen molar-refractivity contribution in [3.8, 4) is 0 Å². The molecule has 0 spiro atoms. The Hall–Kier alpha value is -3.14. The molecule has 10 nitrogen and oxygen atoms in total. The SMILES string of the molecule is N=C(N)NCCC[C@@H](NC(=O)[C@H](N)Cc1ccccc1)C(=O)NCC(=O)O. The molecule has 0 saturated carbocycles. The molecule has 0 radical (unpaired) electrons. The molecule has 0 aromatic heterocycles. The first-order valence-corrected chi connectivity index (χ1v) is 8.47. The second-order valence-electron chi connectivity index (χ2n) is 5.95. The smallest absolute Gasteiger partial charge is 0.322 e. The third-order valence-electron chi connectivity index (χ3n) is 3.67. The van der Waals surface area contributed by atoms with E-state index in [0.29, 0.717) is 19.4 Å². The summed E-state index contributed by atoms with van der Waals surface area (Å²) < 4.78 is 0. The third kappa shape index (κ3) is 9.21. The highest BCUT2D eigenvalue weighted by molar-refractivity contribution is 5.91. The van der Waals surface area contributed by atoms with Crippen molar-refractivity contribution >= 4 is 23.7 Å². The highest BCUT2D eigenvalue weighted by Crippen LogP contribution is 2.03. The number of nitrogens with one attached hydrogen (secondary N) is 4. The maximum absolute atomic E-state index is 12.3. The number of amides is 2. The first kappa shape index (κ1) is 21.9. The monoisotopic (exact) mass is 378 g/mol. The lowest BCUT2D eigenvalue weighted by atomic mass is 10.0. The Kier molecular flexibility index (Phi) is 9.30. The summed E-state index contributed by atoms with van der Waals surface area (Å²) in [7, 11) is 0. The number of carbonyl (C=O) groups excluding carboxylic acids is 2. The molecule has 1 aromatic carbocycles. The zero-order valence-electron chi connectivity index (χ0n) is 14.9. The minimum absolute atomic E-state index is 0.198. The maximum atomic E-state index is 12.3. The molecular formula is C17H26N6O4. The van der Waals surface area contributed by atoms with Gasteiger partial charge in [-0.3, -0.25) is 19.8 Å². The van der Waals surface area contributed by atoms with Gasteiger partial charge in [-0.25, -0.2) is 0 Å². The van der Waals surface area contributed by atoms with Crippen molar-refractivity contribution in [2.75, 3.05) is 13.1 Å². The number of hydrogen-bond acceptors (Lipinski definition) is 5. The molecular weight excluding hydrogens is 352 g/mol. The number of rotatable bonds is 11. The topological polar surface area (TPSA) is 183 Å². The fourth-order valence-electron chi connectivity index (χ4n) is 2.32. The molecule has 9 N–H and O–H groups in total. The molecule has 2 amide bonds. The van der Waals surface area contributed by atoms with Crippen molar-refractivity contribution in [1.82, 2.24) is 16.0 Å². The van der Waals surface area contributed by atoms with Gasteiger partial charge < -0.3 is 32.5 Å². The third-order valence-corrected chi connectivity index (χ3v) is 3.67. The molecule has 0 aliphatic carbocycles. The number of nitrogens with two attached hydrogens (primary N) is 2. The highest BCUT2D eigenvalue weighted by atomic mass is 16.4. The summed E-state index contributed by atoms with van der Waals surface area (Å²) in [5, 5.41) is 23.2. The lowest BCUT2D eigenvalue weighted by Crippen LogP contribution is -2.52. The van der Waals surface area contributed by atoms with Crippen molar-refractivity contribution < 1.29 is 19.5 Å². The van der Waals surface area contributed by atoms with E-state index in [-0.39, 0.29) is 12.4 Å². The minimum atomic E-state index is -1.19. The van der Waals surface area contributed by atoms with E-state index in [9.17, 15) is 14.4 Å². The number of carboxylic acid groups (broad SMARTS) is 1. The minimum Gasteiger partial charge on any atom is -0.480 e. The van der Waals surface area contributed by atoms with Crippen LogP contribution in [0.5, 0.6) is 0 Å². The van der Waals surface area contributed by atoms with Gasteiger partial charge >= 0.3 is 5.97 Å². The van der Waals surface area contributed by atoms with Crippen LogP contribution in [0.25, 0.3) is 0 Å². The van der Waals surface area contributed by atoms with E-state index in [4.69, 9.17) is 22.0 Å². The summed E-state index contributed by atoms with van der Waals surface area (Å²) in [5.41, 5.74) is 12.0. The van der Waals surface area contributed by atoms with Crippen molar-refractivity contribution in [2.24, 2.45) is 11.5 Å². The van der Waals surface area contributed by atoms with Crippen LogP contribution < -0.4 is 27.4 Å². The summed E-state index contributed by atoms with van der Waals surface area (Å²) >= 11 is 0.